The van der Waals surface area contributed by atoms with Crippen molar-refractivity contribution in [2.24, 2.45) is 0 Å². The number of sulfonamides is 1. The maximum Gasteiger partial charge on any atom is 0.250 e. The van der Waals surface area contributed by atoms with Crippen LogP contribution < -0.4 is 9.86 Å². The molecular formula is C6H7N2O4S2-. The monoisotopic (exact) mass is 235 g/mol. The lowest BCUT2D eigenvalue weighted by Crippen LogP contribution is -2.25. The van der Waals surface area contributed by atoms with Crippen molar-refractivity contribution in [2.75, 3.05) is 5.73 Å². The SMILES string of the molecule is Nc1ccc(S(=O)(=O)NS(=O)[O-])cc1. The zero-order valence-corrected chi connectivity index (χ0v) is 8.47. The number of anilines is 1. The minimum Gasteiger partial charge on any atom is -0.759 e. The van der Waals surface area contributed by atoms with Crippen molar-refractivity contribution in [3.8, 4) is 0 Å². The van der Waals surface area contributed by atoms with Crippen molar-refractivity contribution in [3.63, 3.8) is 0 Å². The Labute approximate surface area is 83.6 Å². The van der Waals surface area contributed by atoms with Crippen LogP contribution in [0.1, 0.15) is 0 Å². The number of nitrogens with one attached hydrogen (secondary N) is 1. The van der Waals surface area contributed by atoms with E-state index in [1.807, 2.05) is 0 Å². The highest BCUT2D eigenvalue weighted by Gasteiger charge is 2.12. The van der Waals surface area contributed by atoms with E-state index in [1.165, 1.54) is 28.4 Å². The van der Waals surface area contributed by atoms with Crippen molar-refractivity contribution in [1.82, 2.24) is 4.13 Å². The van der Waals surface area contributed by atoms with Gasteiger partial charge in [-0.05, 0) is 24.3 Å². The zero-order valence-electron chi connectivity index (χ0n) is 6.84. The van der Waals surface area contributed by atoms with Gasteiger partial charge in [0.1, 0.15) is 0 Å². The molecule has 0 bridgehead atoms. The molecule has 3 N–H and O–H groups in total. The molecule has 1 unspecified atom stereocenters. The van der Waals surface area contributed by atoms with Gasteiger partial charge in [0, 0.05) is 17.0 Å². The van der Waals surface area contributed by atoms with Crippen LogP contribution in [0.25, 0.3) is 0 Å². The van der Waals surface area contributed by atoms with Gasteiger partial charge in [-0.2, -0.15) is 0 Å². The Hall–Kier alpha value is -0.960. The van der Waals surface area contributed by atoms with E-state index < -0.39 is 21.3 Å². The summed E-state index contributed by atoms with van der Waals surface area (Å²) in [6, 6.07) is 5.15. The molecule has 0 aromatic heterocycles. The van der Waals surface area contributed by atoms with Crippen molar-refractivity contribution >= 4 is 27.0 Å². The lowest BCUT2D eigenvalue weighted by atomic mass is 10.3. The zero-order chi connectivity index (χ0) is 10.8. The van der Waals surface area contributed by atoms with Gasteiger partial charge in [-0.25, -0.2) is 8.42 Å². The lowest BCUT2D eigenvalue weighted by molar-refractivity contribution is 0.530. The fourth-order valence-electron chi connectivity index (χ4n) is 0.785. The second-order valence-electron chi connectivity index (χ2n) is 2.39. The predicted octanol–water partition coefficient (Wildman–Crippen LogP) is -0.659. The molecule has 0 fully saturated rings. The number of hydrogen-bond acceptors (Lipinski definition) is 5. The molecule has 1 aromatic carbocycles. The van der Waals surface area contributed by atoms with Crippen LogP contribution in [0.3, 0.4) is 0 Å². The van der Waals surface area contributed by atoms with E-state index >= 15 is 0 Å². The highest BCUT2D eigenvalue weighted by atomic mass is 32.3. The first kappa shape index (κ1) is 11.1. The van der Waals surface area contributed by atoms with Gasteiger partial charge < -0.3 is 10.3 Å². The summed E-state index contributed by atoms with van der Waals surface area (Å²) in [5.74, 6) is 0. The summed E-state index contributed by atoms with van der Waals surface area (Å²) in [6.45, 7) is 0. The summed E-state index contributed by atoms with van der Waals surface area (Å²) in [5.41, 5.74) is 5.73. The minimum absolute atomic E-state index is 0.157. The molecule has 0 spiro atoms. The Bertz CT molecular complexity index is 439. The first-order valence-corrected chi connectivity index (χ1v) is 5.95. The Morgan fingerprint density at radius 2 is 1.79 bits per heavy atom. The number of nitrogens with two attached hydrogens (primary N) is 1. The summed E-state index contributed by atoms with van der Waals surface area (Å²) >= 11 is -2.86. The normalized spacial score (nSPS) is 13.8. The fourth-order valence-corrected chi connectivity index (χ4v) is 2.38. The third-order valence-electron chi connectivity index (χ3n) is 1.37. The molecule has 0 aliphatic carbocycles. The molecule has 14 heavy (non-hydrogen) atoms. The molecule has 1 aromatic rings. The van der Waals surface area contributed by atoms with E-state index in [2.05, 4.69) is 0 Å². The lowest BCUT2D eigenvalue weighted by Gasteiger charge is -2.08. The first-order valence-electron chi connectivity index (χ1n) is 3.39. The molecule has 8 heteroatoms. The van der Waals surface area contributed by atoms with Crippen molar-refractivity contribution in [1.29, 1.82) is 0 Å². The van der Waals surface area contributed by atoms with Crippen molar-refractivity contribution in [2.45, 2.75) is 4.90 Å². The molecule has 0 aliphatic heterocycles. The van der Waals surface area contributed by atoms with Gasteiger partial charge in [0.05, 0.1) is 4.90 Å². The second kappa shape index (κ2) is 4.05. The van der Waals surface area contributed by atoms with Crippen LogP contribution in [0.2, 0.25) is 0 Å². The van der Waals surface area contributed by atoms with Crippen LogP contribution in [-0.4, -0.2) is 17.2 Å². The predicted molar refractivity (Wildman–Crippen MR) is 50.1 cm³/mol. The average molecular weight is 235 g/mol. The molecular weight excluding hydrogens is 228 g/mol. The molecule has 1 rings (SSSR count). The average Bonchev–Trinajstić information content (AvgIpc) is 2.02. The molecule has 0 radical (unpaired) electrons. The quantitative estimate of drug-likeness (QED) is 0.533. The maximum absolute atomic E-state index is 11.2. The second-order valence-corrected chi connectivity index (χ2v) is 5.00. The van der Waals surface area contributed by atoms with Gasteiger partial charge in [-0.15, -0.1) is 4.13 Å². The smallest absolute Gasteiger partial charge is 0.250 e. The standard InChI is InChI=1S/C6H8N2O4S2/c7-5-1-3-6(4-2-5)14(11,12)8-13(9)10/h1-4,8H,7H2,(H,9,10)/p-1. The summed E-state index contributed by atoms with van der Waals surface area (Å²) in [6.07, 6.45) is 0. The van der Waals surface area contributed by atoms with Gasteiger partial charge in [0.2, 0.25) is 0 Å². The van der Waals surface area contributed by atoms with E-state index in [1.54, 1.807) is 0 Å². The Kier molecular flexibility index (Phi) is 3.21. The van der Waals surface area contributed by atoms with Crippen LogP contribution in [0.4, 0.5) is 5.69 Å². The minimum atomic E-state index is -3.99. The number of rotatable bonds is 3. The Balaban J connectivity index is 3.05. The highest BCUT2D eigenvalue weighted by Crippen LogP contribution is 2.11. The summed E-state index contributed by atoms with van der Waals surface area (Å²) in [4.78, 5) is -0.157. The van der Waals surface area contributed by atoms with Crippen LogP contribution in [0.5, 0.6) is 0 Å². The molecule has 0 saturated carbocycles. The number of hydrogen-bond donors (Lipinski definition) is 2. The van der Waals surface area contributed by atoms with Crippen LogP contribution in [0, 0.1) is 0 Å². The molecule has 0 amide bonds. The fraction of sp³-hybridized carbons (Fsp3) is 0. The van der Waals surface area contributed by atoms with Crippen LogP contribution in [-0.2, 0) is 21.3 Å². The Morgan fingerprint density at radius 1 is 1.29 bits per heavy atom. The molecule has 0 saturated heterocycles. The van der Waals surface area contributed by atoms with Crippen molar-refractivity contribution < 1.29 is 17.2 Å². The molecule has 1 atom stereocenters. The third kappa shape index (κ3) is 2.77. The van der Waals surface area contributed by atoms with E-state index in [0.717, 1.165) is 0 Å². The van der Waals surface area contributed by atoms with Gasteiger partial charge in [0.25, 0.3) is 10.0 Å². The van der Waals surface area contributed by atoms with Gasteiger partial charge in [-0.3, -0.25) is 4.21 Å². The molecule has 0 heterocycles. The number of nitrogen functional groups attached to an aromatic ring is 1. The molecule has 6 nitrogen and oxygen atoms in total. The van der Waals surface area contributed by atoms with Gasteiger partial charge in [0.15, 0.2) is 0 Å². The van der Waals surface area contributed by atoms with E-state index in [0.29, 0.717) is 5.69 Å². The largest absolute Gasteiger partial charge is 0.759 e. The third-order valence-corrected chi connectivity index (χ3v) is 3.68. The summed E-state index contributed by atoms with van der Waals surface area (Å²) in [7, 11) is -3.99. The first-order chi connectivity index (χ1) is 6.42. The topological polar surface area (TPSA) is 112 Å². The van der Waals surface area contributed by atoms with Crippen molar-refractivity contribution in [3.05, 3.63) is 24.3 Å². The van der Waals surface area contributed by atoms with Gasteiger partial charge >= 0.3 is 0 Å². The highest BCUT2D eigenvalue weighted by molar-refractivity contribution is 8.00. The molecule has 0 aliphatic rings. The summed E-state index contributed by atoms with van der Waals surface area (Å²) in [5, 5.41) is 0. The van der Waals surface area contributed by atoms with E-state index in [4.69, 9.17) is 5.73 Å². The maximum atomic E-state index is 11.2. The Morgan fingerprint density at radius 3 is 2.21 bits per heavy atom. The summed E-state index contributed by atoms with van der Waals surface area (Å²) < 4.78 is 44.1. The van der Waals surface area contributed by atoms with Crippen LogP contribution >= 0.6 is 0 Å². The van der Waals surface area contributed by atoms with E-state index in [-0.39, 0.29) is 4.90 Å². The number of benzene rings is 1. The van der Waals surface area contributed by atoms with Crippen LogP contribution in [0.15, 0.2) is 29.2 Å². The molecule has 78 valence electrons. The van der Waals surface area contributed by atoms with Gasteiger partial charge in [-0.1, -0.05) is 0 Å². The van der Waals surface area contributed by atoms with E-state index in [9.17, 15) is 17.2 Å².